The Kier molecular flexibility index (Phi) is 14.9. The van der Waals surface area contributed by atoms with Gasteiger partial charge in [0.1, 0.15) is 5.60 Å². The Morgan fingerprint density at radius 2 is 1.05 bits per heavy atom. The number of nitrogens with one attached hydrogen (secondary N) is 3. The molecule has 1 heterocycles. The van der Waals surface area contributed by atoms with Gasteiger partial charge < -0.3 is 10.1 Å². The summed E-state index contributed by atoms with van der Waals surface area (Å²) < 4.78 is 86.2. The molecule has 3 aromatic carbocycles. The Morgan fingerprint density at radius 3 is 1.53 bits per heavy atom. The summed E-state index contributed by atoms with van der Waals surface area (Å²) in [6.45, 7) is 11.1. The van der Waals surface area contributed by atoms with E-state index in [4.69, 9.17) is 10.3 Å². The second-order valence-electron chi connectivity index (χ2n) is 16.7. The minimum atomic E-state index is -3.61. The van der Waals surface area contributed by atoms with Gasteiger partial charge in [-0.05, 0) is 128 Å². The summed E-state index contributed by atoms with van der Waals surface area (Å²) in [6.07, 6.45) is 7.28. The third-order valence-corrected chi connectivity index (χ3v) is 15.8. The van der Waals surface area contributed by atoms with Crippen molar-refractivity contribution in [3.05, 3.63) is 99.9 Å². The molecule has 0 bridgehead atoms. The van der Waals surface area contributed by atoms with Crippen molar-refractivity contribution in [2.45, 2.75) is 156 Å². The number of nitrogens with zero attached hydrogens (tertiary/aromatic N) is 4. The molecule has 1 aliphatic heterocycles. The summed E-state index contributed by atoms with van der Waals surface area (Å²) in [6, 6.07) is 19.9. The van der Waals surface area contributed by atoms with Crippen molar-refractivity contribution in [2.75, 3.05) is 0 Å². The van der Waals surface area contributed by atoms with Crippen LogP contribution in [0.4, 0.5) is 4.79 Å². The van der Waals surface area contributed by atoms with E-state index in [1.807, 2.05) is 32.9 Å². The summed E-state index contributed by atoms with van der Waals surface area (Å²) in [5, 5.41) is 6.43. The van der Waals surface area contributed by atoms with Gasteiger partial charge in [0, 0.05) is 35.1 Å². The molecule has 0 spiro atoms. The SMILES string of the molecule is Cc1ccc(S(=O)(=O)N2C3CCCC32)cc1.Cc1ccc(S(=O)(=O)N[C@H]2CCC[C@@H]2N=[N+]=[N-])cc1.Cc1ccc(S(=O)(=O)N[C@H]2CCC[C@@H]2NC(=O)OC(C)(C)C)cc1. The first-order valence-electron chi connectivity index (χ1n) is 20.0. The van der Waals surface area contributed by atoms with Crippen molar-refractivity contribution in [3.63, 3.8) is 0 Å². The molecular weight excluding hydrogens is 815 g/mol. The molecule has 4 fully saturated rings. The monoisotopic (exact) mass is 871 g/mol. The van der Waals surface area contributed by atoms with Crippen LogP contribution in [0.25, 0.3) is 10.4 Å². The molecule has 7 rings (SSSR count). The number of carbonyl (C=O) groups excluding carboxylic acids is 1. The maximum Gasteiger partial charge on any atom is 0.407 e. The number of hydrogen-bond acceptors (Lipinski definition) is 9. The first-order chi connectivity index (χ1) is 27.7. The molecule has 3 aliphatic carbocycles. The van der Waals surface area contributed by atoms with Crippen LogP contribution < -0.4 is 14.8 Å². The second kappa shape index (κ2) is 19.1. The number of azide groups is 1. The number of hydrogen-bond donors (Lipinski definition) is 3. The van der Waals surface area contributed by atoms with Gasteiger partial charge in [-0.3, -0.25) is 0 Å². The zero-order chi connectivity index (χ0) is 43.2. The third-order valence-electron chi connectivity index (χ3n) is 10.8. The molecule has 3 N–H and O–H groups in total. The highest BCUT2D eigenvalue weighted by molar-refractivity contribution is 7.90. The van der Waals surface area contributed by atoms with E-state index in [9.17, 15) is 30.0 Å². The largest absolute Gasteiger partial charge is 0.444 e. The Balaban J connectivity index is 0.000000171. The maximum atomic E-state index is 12.5. The van der Waals surface area contributed by atoms with Crippen LogP contribution in [0.2, 0.25) is 0 Å². The lowest BCUT2D eigenvalue weighted by atomic mass is 10.2. The zero-order valence-corrected chi connectivity index (χ0v) is 37.0. The van der Waals surface area contributed by atoms with Crippen molar-refractivity contribution in [1.82, 2.24) is 19.1 Å². The molecular formula is C41H57N7O8S3. The van der Waals surface area contributed by atoms with Gasteiger partial charge in [-0.15, -0.1) is 0 Å². The van der Waals surface area contributed by atoms with Crippen LogP contribution in [0.3, 0.4) is 0 Å². The number of fused-ring (bicyclic) bond motifs is 1. The molecule has 2 unspecified atom stereocenters. The molecule has 1 saturated heterocycles. The molecule has 18 heteroatoms. The van der Waals surface area contributed by atoms with Crippen LogP contribution in [0.15, 0.2) is 92.6 Å². The molecule has 322 valence electrons. The average Bonchev–Trinajstić information content (AvgIpc) is 3.51. The average molecular weight is 872 g/mol. The minimum absolute atomic E-state index is 0.232. The smallest absolute Gasteiger partial charge is 0.407 e. The summed E-state index contributed by atoms with van der Waals surface area (Å²) in [5.74, 6) is 0. The second-order valence-corrected chi connectivity index (χ2v) is 22.0. The van der Waals surface area contributed by atoms with E-state index in [2.05, 4.69) is 24.8 Å². The normalized spacial score (nSPS) is 24.9. The highest BCUT2D eigenvalue weighted by atomic mass is 32.2. The molecule has 0 aromatic heterocycles. The summed E-state index contributed by atoms with van der Waals surface area (Å²) >= 11 is 0. The van der Waals surface area contributed by atoms with Crippen molar-refractivity contribution < 1.29 is 34.8 Å². The quantitative estimate of drug-likeness (QED) is 0.0821. The standard InChI is InChI=1S/C17H26N2O4S.C12H16N4O2S.C12H15NO2S/c1-12-8-10-13(11-9-12)24(21,22)19-15-7-5-6-14(15)18-16(20)23-17(2,3)4;1-9-5-7-10(8-6-9)19(17,18)15-12-4-2-3-11(12)14-16-13;1-9-5-7-10(8-6-9)16(14,15)13-11-3-2-4-12(11)13/h8-11,14-15,19H,5-7H2,1-4H3,(H,18,20);5-8,11-12,15H,2-4H2,1H3;5-8,11-12H,2-4H2,1H3/t14-,15-;11-,12-;/m00./s1. The van der Waals surface area contributed by atoms with Crippen LogP contribution in [0.1, 0.15) is 95.2 Å². The fourth-order valence-electron chi connectivity index (χ4n) is 7.66. The van der Waals surface area contributed by atoms with E-state index >= 15 is 0 Å². The number of amides is 1. The van der Waals surface area contributed by atoms with Crippen LogP contribution in [0, 0.1) is 20.8 Å². The summed E-state index contributed by atoms with van der Waals surface area (Å²) in [4.78, 5) is 15.6. The lowest BCUT2D eigenvalue weighted by Crippen LogP contribution is -2.49. The number of sulfonamides is 3. The van der Waals surface area contributed by atoms with Crippen molar-refractivity contribution >= 4 is 36.2 Å². The number of carbonyl (C=O) groups is 1. The third kappa shape index (κ3) is 12.5. The highest BCUT2D eigenvalue weighted by Crippen LogP contribution is 2.46. The molecule has 15 nitrogen and oxygen atoms in total. The lowest BCUT2D eigenvalue weighted by Gasteiger charge is -2.25. The van der Waals surface area contributed by atoms with Crippen LogP contribution in [0.5, 0.6) is 0 Å². The minimum Gasteiger partial charge on any atom is -0.444 e. The predicted molar refractivity (Wildman–Crippen MR) is 226 cm³/mol. The number of rotatable bonds is 10. The number of benzene rings is 3. The van der Waals surface area contributed by atoms with Crippen molar-refractivity contribution in [1.29, 1.82) is 0 Å². The van der Waals surface area contributed by atoms with Gasteiger partial charge in [-0.1, -0.05) is 71.0 Å². The molecule has 3 saturated carbocycles. The molecule has 6 atom stereocenters. The fraction of sp³-hybridized carbons (Fsp3) is 0.537. The van der Waals surface area contributed by atoms with Crippen LogP contribution in [-0.4, -0.2) is 77.5 Å². The van der Waals surface area contributed by atoms with E-state index in [-0.39, 0.29) is 34.0 Å². The van der Waals surface area contributed by atoms with E-state index in [0.29, 0.717) is 29.8 Å². The van der Waals surface area contributed by atoms with Gasteiger partial charge >= 0.3 is 6.09 Å². The number of ether oxygens (including phenoxy) is 1. The van der Waals surface area contributed by atoms with Crippen molar-refractivity contribution in [3.8, 4) is 0 Å². The van der Waals surface area contributed by atoms with E-state index in [0.717, 1.165) is 55.2 Å². The van der Waals surface area contributed by atoms with E-state index in [1.165, 1.54) is 6.42 Å². The van der Waals surface area contributed by atoms with Gasteiger partial charge in [0.2, 0.25) is 30.1 Å². The predicted octanol–water partition coefficient (Wildman–Crippen LogP) is 7.14. The van der Waals surface area contributed by atoms with E-state index in [1.54, 1.807) is 85.7 Å². The molecule has 3 aromatic rings. The lowest BCUT2D eigenvalue weighted by molar-refractivity contribution is 0.0499. The Morgan fingerprint density at radius 1 is 0.644 bits per heavy atom. The van der Waals surface area contributed by atoms with Crippen LogP contribution >= 0.6 is 0 Å². The summed E-state index contributed by atoms with van der Waals surface area (Å²) in [7, 11) is -10.4. The molecule has 4 aliphatic rings. The number of aryl methyl sites for hydroxylation is 3. The Hall–Kier alpha value is -4.03. The van der Waals surface area contributed by atoms with Gasteiger partial charge in [-0.25, -0.2) is 39.5 Å². The number of alkyl carbamates (subject to hydrolysis) is 1. The van der Waals surface area contributed by atoms with Gasteiger partial charge in [0.05, 0.1) is 20.7 Å². The van der Waals surface area contributed by atoms with Crippen LogP contribution in [-0.2, 0) is 34.8 Å². The summed E-state index contributed by atoms with van der Waals surface area (Å²) in [5.41, 5.74) is 11.0. The van der Waals surface area contributed by atoms with Crippen molar-refractivity contribution in [2.24, 2.45) is 5.11 Å². The first-order valence-corrected chi connectivity index (χ1v) is 24.4. The maximum absolute atomic E-state index is 12.5. The molecule has 0 radical (unpaired) electrons. The van der Waals surface area contributed by atoms with E-state index < -0.39 is 41.8 Å². The van der Waals surface area contributed by atoms with Gasteiger partial charge in [0.25, 0.3) is 0 Å². The topological polar surface area (TPSA) is 217 Å². The number of piperidine rings is 1. The molecule has 1 amide bonds. The zero-order valence-electron chi connectivity index (χ0n) is 34.5. The van der Waals surface area contributed by atoms with Gasteiger partial charge in [-0.2, -0.15) is 4.31 Å². The fourth-order valence-corrected chi connectivity index (χ4v) is 12.1. The van der Waals surface area contributed by atoms with Gasteiger partial charge in [0.15, 0.2) is 0 Å². The highest BCUT2D eigenvalue weighted by Gasteiger charge is 2.57. The Bertz CT molecular complexity index is 2290. The molecule has 59 heavy (non-hydrogen) atoms. The first kappa shape index (κ1) is 46.0. The Labute approximate surface area is 349 Å².